The van der Waals surface area contributed by atoms with Crippen LogP contribution in [0.4, 0.5) is 0 Å². The Labute approximate surface area is 197 Å². The number of hydrogen-bond donors (Lipinski definition) is 1. The lowest BCUT2D eigenvalue weighted by atomic mass is 10.0. The maximum absolute atomic E-state index is 13.2. The van der Waals surface area contributed by atoms with Crippen LogP contribution in [0.15, 0.2) is 35.2 Å². The Hall–Kier alpha value is -2.73. The molecule has 1 atom stereocenters. The van der Waals surface area contributed by atoms with Crippen molar-refractivity contribution in [3.63, 3.8) is 0 Å². The van der Waals surface area contributed by atoms with E-state index in [0.29, 0.717) is 42.9 Å². The van der Waals surface area contributed by atoms with Crippen molar-refractivity contribution in [1.82, 2.24) is 14.5 Å². The zero-order valence-corrected chi connectivity index (χ0v) is 20.8. The fourth-order valence-electron chi connectivity index (χ4n) is 4.27. The Kier molecular flexibility index (Phi) is 7.58. The van der Waals surface area contributed by atoms with E-state index in [1.54, 1.807) is 25.7 Å². The topological polar surface area (TPSA) is 93.5 Å². The molecule has 0 radical (unpaired) electrons. The summed E-state index contributed by atoms with van der Waals surface area (Å²) >= 11 is 0. The molecule has 0 spiro atoms. The van der Waals surface area contributed by atoms with Gasteiger partial charge in [0, 0.05) is 32.7 Å². The van der Waals surface area contributed by atoms with Gasteiger partial charge in [-0.25, -0.2) is 8.42 Å². The molecule has 0 bridgehead atoms. The molecular formula is C25H32N4O3S. The highest BCUT2D eigenvalue weighted by Crippen LogP contribution is 2.26. The van der Waals surface area contributed by atoms with Crippen molar-refractivity contribution in [2.45, 2.75) is 52.1 Å². The van der Waals surface area contributed by atoms with Gasteiger partial charge in [0.05, 0.1) is 22.6 Å². The minimum Gasteiger partial charge on any atom is -0.339 e. The van der Waals surface area contributed by atoms with Crippen LogP contribution in [-0.2, 0) is 21.4 Å². The van der Waals surface area contributed by atoms with Crippen LogP contribution < -0.4 is 4.72 Å². The summed E-state index contributed by atoms with van der Waals surface area (Å²) in [6, 6.07) is 10.8. The van der Waals surface area contributed by atoms with Gasteiger partial charge in [-0.15, -0.1) is 0 Å². The number of aryl methyl sites for hydroxylation is 2. The average molecular weight is 469 g/mol. The number of nitriles is 1. The number of nitrogens with one attached hydrogen (secondary N) is 1. The largest absolute Gasteiger partial charge is 0.339 e. The lowest BCUT2D eigenvalue weighted by molar-refractivity contribution is -0.134. The van der Waals surface area contributed by atoms with E-state index in [1.165, 1.54) is 0 Å². The number of benzene rings is 2. The number of carbonyl (C=O) groups is 1. The smallest absolute Gasteiger partial charge is 0.241 e. The molecule has 2 aromatic rings. The SMILES string of the molecule is Cc1cc(C)c(C)c(S(=O)(=O)N[C@@H](C)C(=O)N2CCN(Cc3ccc(C#N)cc3)CC2)c1C. The monoisotopic (exact) mass is 468 g/mol. The maximum Gasteiger partial charge on any atom is 0.241 e. The second kappa shape index (κ2) is 10.0. The second-order valence-corrected chi connectivity index (χ2v) is 10.5. The molecular weight excluding hydrogens is 436 g/mol. The van der Waals surface area contributed by atoms with Crippen molar-refractivity contribution < 1.29 is 13.2 Å². The number of piperazine rings is 1. The van der Waals surface area contributed by atoms with E-state index in [2.05, 4.69) is 15.7 Å². The fraction of sp³-hybridized carbons (Fsp3) is 0.440. The molecule has 8 heteroatoms. The van der Waals surface area contributed by atoms with Crippen LogP contribution in [0.3, 0.4) is 0 Å². The van der Waals surface area contributed by atoms with Crippen LogP contribution in [0.5, 0.6) is 0 Å². The van der Waals surface area contributed by atoms with Crippen molar-refractivity contribution in [2.75, 3.05) is 26.2 Å². The Bertz CT molecular complexity index is 1150. The van der Waals surface area contributed by atoms with Gasteiger partial charge in [-0.1, -0.05) is 18.2 Å². The minimum absolute atomic E-state index is 0.212. The molecule has 3 rings (SSSR count). The van der Waals surface area contributed by atoms with E-state index in [4.69, 9.17) is 5.26 Å². The van der Waals surface area contributed by atoms with Crippen LogP contribution >= 0.6 is 0 Å². The highest BCUT2D eigenvalue weighted by Gasteiger charge is 2.30. The van der Waals surface area contributed by atoms with Crippen LogP contribution in [0.1, 0.15) is 40.3 Å². The van der Waals surface area contributed by atoms with E-state index in [-0.39, 0.29) is 10.8 Å². The molecule has 176 valence electrons. The van der Waals surface area contributed by atoms with E-state index < -0.39 is 16.1 Å². The van der Waals surface area contributed by atoms with Crippen molar-refractivity contribution >= 4 is 15.9 Å². The van der Waals surface area contributed by atoms with Gasteiger partial charge in [0.15, 0.2) is 0 Å². The van der Waals surface area contributed by atoms with Gasteiger partial charge < -0.3 is 4.90 Å². The molecule has 1 N–H and O–H groups in total. The fourth-order valence-corrected chi connectivity index (χ4v) is 6.08. The third-order valence-corrected chi connectivity index (χ3v) is 8.26. The predicted molar refractivity (Wildman–Crippen MR) is 128 cm³/mol. The van der Waals surface area contributed by atoms with Gasteiger partial charge in [0.25, 0.3) is 0 Å². The van der Waals surface area contributed by atoms with Crippen LogP contribution in [0.2, 0.25) is 0 Å². The summed E-state index contributed by atoms with van der Waals surface area (Å²) < 4.78 is 28.9. The van der Waals surface area contributed by atoms with Gasteiger partial charge in [-0.2, -0.15) is 9.98 Å². The summed E-state index contributed by atoms with van der Waals surface area (Å²) in [7, 11) is -3.84. The Morgan fingerprint density at radius 1 is 1.03 bits per heavy atom. The summed E-state index contributed by atoms with van der Waals surface area (Å²) in [5.74, 6) is -0.212. The summed E-state index contributed by atoms with van der Waals surface area (Å²) in [6.45, 7) is 12.3. The Morgan fingerprint density at radius 3 is 2.09 bits per heavy atom. The predicted octanol–water partition coefficient (Wildman–Crippen LogP) is 2.80. The third-order valence-electron chi connectivity index (χ3n) is 6.44. The molecule has 0 aliphatic carbocycles. The highest BCUT2D eigenvalue weighted by atomic mass is 32.2. The molecule has 33 heavy (non-hydrogen) atoms. The first-order valence-electron chi connectivity index (χ1n) is 11.1. The number of sulfonamides is 1. The van der Waals surface area contributed by atoms with Gasteiger partial charge in [0.2, 0.25) is 15.9 Å². The highest BCUT2D eigenvalue weighted by molar-refractivity contribution is 7.89. The molecule has 1 aliphatic heterocycles. The zero-order valence-electron chi connectivity index (χ0n) is 20.0. The third kappa shape index (κ3) is 5.61. The van der Waals surface area contributed by atoms with Crippen LogP contribution in [0.25, 0.3) is 0 Å². The molecule has 1 aliphatic rings. The zero-order chi connectivity index (χ0) is 24.3. The number of nitrogens with zero attached hydrogens (tertiary/aromatic N) is 3. The number of hydrogen-bond acceptors (Lipinski definition) is 5. The van der Waals surface area contributed by atoms with E-state index in [1.807, 2.05) is 44.2 Å². The maximum atomic E-state index is 13.2. The number of amides is 1. The van der Waals surface area contributed by atoms with E-state index in [0.717, 1.165) is 23.2 Å². The summed E-state index contributed by atoms with van der Waals surface area (Å²) in [5.41, 5.74) is 5.00. The van der Waals surface area contributed by atoms with Gasteiger partial charge in [-0.05, 0) is 74.6 Å². The molecule has 0 aromatic heterocycles. The molecule has 1 heterocycles. The molecule has 1 amide bonds. The van der Waals surface area contributed by atoms with E-state index >= 15 is 0 Å². The molecule has 0 unspecified atom stereocenters. The molecule has 0 saturated carbocycles. The van der Waals surface area contributed by atoms with E-state index in [9.17, 15) is 13.2 Å². The quantitative estimate of drug-likeness (QED) is 0.704. The molecule has 2 aromatic carbocycles. The van der Waals surface area contributed by atoms with Gasteiger partial charge in [0.1, 0.15) is 0 Å². The summed E-state index contributed by atoms with van der Waals surface area (Å²) in [5, 5.41) is 8.92. The van der Waals surface area contributed by atoms with Gasteiger partial charge >= 0.3 is 0 Å². The molecule has 1 saturated heterocycles. The first-order chi connectivity index (χ1) is 15.5. The van der Waals surface area contributed by atoms with Gasteiger partial charge in [-0.3, -0.25) is 9.69 Å². The number of carbonyl (C=O) groups excluding carboxylic acids is 1. The minimum atomic E-state index is -3.84. The first-order valence-corrected chi connectivity index (χ1v) is 12.6. The lowest BCUT2D eigenvalue weighted by Crippen LogP contribution is -2.53. The standard InChI is InChI=1S/C25H32N4O3S/c1-17-14-18(2)20(4)24(19(17)3)33(31,32)27-21(5)25(30)29-12-10-28(11-13-29)16-23-8-6-22(15-26)7-9-23/h6-9,14,21,27H,10-13,16H2,1-5H3/t21-/m0/s1. The van der Waals surface area contributed by atoms with Crippen LogP contribution in [0, 0.1) is 39.0 Å². The lowest BCUT2D eigenvalue weighted by Gasteiger charge is -2.36. The molecule has 7 nitrogen and oxygen atoms in total. The number of rotatable bonds is 6. The average Bonchev–Trinajstić information content (AvgIpc) is 2.78. The summed E-state index contributed by atoms with van der Waals surface area (Å²) in [6.07, 6.45) is 0. The summed E-state index contributed by atoms with van der Waals surface area (Å²) in [4.78, 5) is 17.2. The van der Waals surface area contributed by atoms with Crippen molar-refractivity contribution in [1.29, 1.82) is 5.26 Å². The second-order valence-electron chi connectivity index (χ2n) is 8.84. The van der Waals surface area contributed by atoms with Crippen LogP contribution in [-0.4, -0.2) is 56.3 Å². The molecule has 1 fully saturated rings. The Morgan fingerprint density at radius 2 is 1.58 bits per heavy atom. The van der Waals surface area contributed by atoms with Crippen molar-refractivity contribution in [2.24, 2.45) is 0 Å². The normalized spacial score (nSPS) is 15.8. The first kappa shape index (κ1) is 24.9. The Balaban J connectivity index is 1.61. The van der Waals surface area contributed by atoms with Crippen molar-refractivity contribution in [3.8, 4) is 6.07 Å². The van der Waals surface area contributed by atoms with Crippen molar-refractivity contribution in [3.05, 3.63) is 63.7 Å².